The first-order valence-electron chi connectivity index (χ1n) is 11.7. The second kappa shape index (κ2) is 11.8. The molecule has 0 aromatic heterocycles. The van der Waals surface area contributed by atoms with Crippen molar-refractivity contribution in [3.8, 4) is 6.07 Å². The van der Waals surface area contributed by atoms with Crippen LogP contribution in [0, 0.1) is 24.1 Å². The lowest BCUT2D eigenvalue weighted by Crippen LogP contribution is -2.48. The number of hydrogen-bond donors (Lipinski definition) is 2. The standard InChI is InChI=1S/C26H33FN6O2/c1-18(2)29-9-10-30-25(34)16-32(24-11-20(13-28)6-5-19(24)3)17-26(35)31(4)33-14-21-7-8-23(27)12-22(21)15-33/h5-8,11-12,18,29H,9-10,14-17H2,1-4H3,(H,30,34). The predicted octanol–water partition coefficient (Wildman–Crippen LogP) is 2.32. The highest BCUT2D eigenvalue weighted by Crippen LogP contribution is 2.25. The molecule has 0 saturated carbocycles. The van der Waals surface area contributed by atoms with Crippen molar-refractivity contribution < 1.29 is 14.0 Å². The van der Waals surface area contributed by atoms with Crippen LogP contribution in [0.15, 0.2) is 36.4 Å². The summed E-state index contributed by atoms with van der Waals surface area (Å²) in [5.74, 6) is -0.723. The van der Waals surface area contributed by atoms with Crippen LogP contribution in [0.2, 0.25) is 0 Å². The second-order valence-corrected chi connectivity index (χ2v) is 9.08. The molecule has 0 fully saturated rings. The summed E-state index contributed by atoms with van der Waals surface area (Å²) in [6.45, 7) is 7.92. The first kappa shape index (κ1) is 26.1. The van der Waals surface area contributed by atoms with Gasteiger partial charge in [-0.15, -0.1) is 0 Å². The fourth-order valence-electron chi connectivity index (χ4n) is 4.02. The average Bonchev–Trinajstić information content (AvgIpc) is 3.24. The van der Waals surface area contributed by atoms with Crippen molar-refractivity contribution in [2.45, 2.75) is 39.9 Å². The average molecular weight is 481 g/mol. The van der Waals surface area contributed by atoms with Gasteiger partial charge in [0.15, 0.2) is 0 Å². The number of benzene rings is 2. The van der Waals surface area contributed by atoms with E-state index in [-0.39, 0.29) is 30.7 Å². The lowest BCUT2D eigenvalue weighted by molar-refractivity contribution is -0.145. The Balaban J connectivity index is 1.72. The Hall–Kier alpha value is -3.48. The molecule has 2 aromatic rings. The predicted molar refractivity (Wildman–Crippen MR) is 133 cm³/mol. The van der Waals surface area contributed by atoms with Gasteiger partial charge in [-0.1, -0.05) is 26.0 Å². The molecule has 2 aromatic carbocycles. The van der Waals surface area contributed by atoms with Crippen LogP contribution in [0.5, 0.6) is 0 Å². The molecule has 8 nitrogen and oxygen atoms in total. The highest BCUT2D eigenvalue weighted by molar-refractivity contribution is 5.86. The number of nitrogens with zero attached hydrogens (tertiary/aromatic N) is 4. The van der Waals surface area contributed by atoms with E-state index in [1.165, 1.54) is 17.1 Å². The number of carbonyl (C=O) groups is 2. The summed E-state index contributed by atoms with van der Waals surface area (Å²) >= 11 is 0. The molecule has 0 radical (unpaired) electrons. The van der Waals surface area contributed by atoms with Crippen LogP contribution in [-0.2, 0) is 22.7 Å². The number of fused-ring (bicyclic) bond motifs is 1. The third-order valence-corrected chi connectivity index (χ3v) is 6.00. The molecule has 3 rings (SSSR count). The third-order valence-electron chi connectivity index (χ3n) is 6.00. The molecule has 35 heavy (non-hydrogen) atoms. The zero-order valence-electron chi connectivity index (χ0n) is 20.8. The number of anilines is 1. The first-order chi connectivity index (χ1) is 16.7. The minimum atomic E-state index is -0.298. The van der Waals surface area contributed by atoms with Gasteiger partial charge < -0.3 is 15.5 Å². The number of carbonyl (C=O) groups excluding carboxylic acids is 2. The number of halogens is 1. The molecule has 9 heteroatoms. The van der Waals surface area contributed by atoms with E-state index in [0.717, 1.165) is 16.7 Å². The molecule has 1 aliphatic rings. The maximum Gasteiger partial charge on any atom is 0.256 e. The summed E-state index contributed by atoms with van der Waals surface area (Å²) in [7, 11) is 1.68. The van der Waals surface area contributed by atoms with Crippen LogP contribution in [-0.4, -0.2) is 61.1 Å². The lowest BCUT2D eigenvalue weighted by atomic mass is 10.1. The van der Waals surface area contributed by atoms with Crippen molar-refractivity contribution in [2.75, 3.05) is 38.1 Å². The van der Waals surface area contributed by atoms with Crippen LogP contribution in [0.1, 0.15) is 36.1 Å². The van der Waals surface area contributed by atoms with Crippen molar-refractivity contribution in [3.05, 3.63) is 64.5 Å². The van der Waals surface area contributed by atoms with Gasteiger partial charge in [0.2, 0.25) is 5.91 Å². The van der Waals surface area contributed by atoms with E-state index in [2.05, 4.69) is 16.7 Å². The summed E-state index contributed by atoms with van der Waals surface area (Å²) < 4.78 is 13.6. The van der Waals surface area contributed by atoms with Crippen LogP contribution in [0.25, 0.3) is 0 Å². The van der Waals surface area contributed by atoms with Gasteiger partial charge in [-0.3, -0.25) is 14.6 Å². The Morgan fingerprint density at radius 1 is 1.11 bits per heavy atom. The highest BCUT2D eigenvalue weighted by atomic mass is 19.1. The second-order valence-electron chi connectivity index (χ2n) is 9.08. The van der Waals surface area contributed by atoms with Gasteiger partial charge in [0.05, 0.1) is 24.7 Å². The fourth-order valence-corrected chi connectivity index (χ4v) is 4.02. The van der Waals surface area contributed by atoms with E-state index in [1.807, 2.05) is 31.8 Å². The molecule has 2 amide bonds. The first-order valence-corrected chi connectivity index (χ1v) is 11.7. The Bertz CT molecular complexity index is 1110. The molecule has 0 bridgehead atoms. The molecule has 0 unspecified atom stereocenters. The van der Waals surface area contributed by atoms with Crippen LogP contribution >= 0.6 is 0 Å². The number of aryl methyl sites for hydroxylation is 1. The van der Waals surface area contributed by atoms with Crippen LogP contribution in [0.4, 0.5) is 10.1 Å². The number of rotatable bonds is 10. The Morgan fingerprint density at radius 3 is 2.57 bits per heavy atom. The minimum Gasteiger partial charge on any atom is -0.353 e. The molecule has 186 valence electrons. The van der Waals surface area contributed by atoms with Gasteiger partial charge in [-0.25, -0.2) is 9.40 Å². The van der Waals surface area contributed by atoms with Crippen molar-refractivity contribution in [1.29, 1.82) is 5.26 Å². The van der Waals surface area contributed by atoms with Gasteiger partial charge in [0.25, 0.3) is 5.91 Å². The molecule has 0 atom stereocenters. The van der Waals surface area contributed by atoms with Crippen molar-refractivity contribution in [2.24, 2.45) is 0 Å². The van der Waals surface area contributed by atoms with Crippen LogP contribution in [0.3, 0.4) is 0 Å². The number of amides is 2. The van der Waals surface area contributed by atoms with Gasteiger partial charge in [0, 0.05) is 45.0 Å². The Morgan fingerprint density at radius 2 is 1.86 bits per heavy atom. The Kier molecular flexibility index (Phi) is 8.79. The monoisotopic (exact) mass is 480 g/mol. The van der Waals surface area contributed by atoms with Gasteiger partial charge in [0.1, 0.15) is 5.82 Å². The summed E-state index contributed by atoms with van der Waals surface area (Å²) in [4.78, 5) is 27.7. The number of hydrogen-bond acceptors (Lipinski definition) is 6. The molecule has 0 spiro atoms. The van der Waals surface area contributed by atoms with E-state index in [0.29, 0.717) is 43.5 Å². The van der Waals surface area contributed by atoms with Gasteiger partial charge in [-0.05, 0) is 47.9 Å². The fraction of sp³-hybridized carbons (Fsp3) is 0.423. The molecule has 1 aliphatic heterocycles. The van der Waals surface area contributed by atoms with Crippen LogP contribution < -0.4 is 15.5 Å². The number of likely N-dealkylation sites (N-methyl/N-ethyl adjacent to an activating group) is 1. The van der Waals surface area contributed by atoms with E-state index < -0.39 is 0 Å². The summed E-state index contributed by atoms with van der Waals surface area (Å²) in [6, 6.07) is 12.3. The largest absolute Gasteiger partial charge is 0.353 e. The quantitative estimate of drug-likeness (QED) is 0.507. The van der Waals surface area contributed by atoms with Crippen molar-refractivity contribution >= 4 is 17.5 Å². The molecule has 1 heterocycles. The van der Waals surface area contributed by atoms with E-state index >= 15 is 0 Å². The topological polar surface area (TPSA) is 91.7 Å². The summed E-state index contributed by atoms with van der Waals surface area (Å²) in [5.41, 5.74) is 3.81. The molecule has 2 N–H and O–H groups in total. The number of nitrogens with one attached hydrogen (secondary N) is 2. The van der Waals surface area contributed by atoms with Gasteiger partial charge >= 0.3 is 0 Å². The van der Waals surface area contributed by atoms with E-state index in [4.69, 9.17) is 0 Å². The SMILES string of the molecule is Cc1ccc(C#N)cc1N(CC(=O)NCCNC(C)C)CC(=O)N(C)N1Cc2ccc(F)cc2C1. The Labute approximate surface area is 206 Å². The van der Waals surface area contributed by atoms with E-state index in [1.54, 1.807) is 30.1 Å². The zero-order valence-corrected chi connectivity index (χ0v) is 20.8. The molecular formula is C26H33FN6O2. The third kappa shape index (κ3) is 7.01. The molecular weight excluding hydrogens is 447 g/mol. The molecule has 0 saturated heterocycles. The maximum absolute atomic E-state index is 13.6. The zero-order chi connectivity index (χ0) is 25.5. The molecule has 0 aliphatic carbocycles. The minimum absolute atomic E-state index is 0.0254. The van der Waals surface area contributed by atoms with Crippen molar-refractivity contribution in [3.63, 3.8) is 0 Å². The highest BCUT2D eigenvalue weighted by Gasteiger charge is 2.27. The number of nitriles is 1. The number of hydrazine groups is 1. The summed E-state index contributed by atoms with van der Waals surface area (Å²) in [6.07, 6.45) is 0. The maximum atomic E-state index is 13.6. The summed E-state index contributed by atoms with van der Waals surface area (Å²) in [5, 5.41) is 18.9. The normalized spacial score (nSPS) is 12.8. The smallest absolute Gasteiger partial charge is 0.256 e. The van der Waals surface area contributed by atoms with Gasteiger partial charge in [-0.2, -0.15) is 5.26 Å². The van der Waals surface area contributed by atoms with Crippen molar-refractivity contribution in [1.82, 2.24) is 20.7 Å². The van der Waals surface area contributed by atoms with E-state index in [9.17, 15) is 19.2 Å². The lowest BCUT2D eigenvalue weighted by Gasteiger charge is -2.32.